The molecule has 0 aliphatic heterocycles. The lowest BCUT2D eigenvalue weighted by molar-refractivity contribution is 0.178. The molecule has 0 bridgehead atoms. The molecule has 2 aromatic carbocycles. The van der Waals surface area contributed by atoms with Gasteiger partial charge in [-0.25, -0.2) is 9.67 Å². The van der Waals surface area contributed by atoms with Gasteiger partial charge in [-0.1, -0.05) is 30.3 Å². The number of nitriles is 1. The lowest BCUT2D eigenvalue weighted by Crippen LogP contribution is -2.16. The molecule has 0 saturated carbocycles. The molecule has 4 rings (SSSR count). The van der Waals surface area contributed by atoms with Gasteiger partial charge in [0.25, 0.3) is 0 Å². The zero-order chi connectivity index (χ0) is 22.5. The van der Waals surface area contributed by atoms with Gasteiger partial charge in [0.05, 0.1) is 29.6 Å². The maximum absolute atomic E-state index is 10.2. The predicted octanol–water partition coefficient (Wildman–Crippen LogP) is 3.55. The second kappa shape index (κ2) is 9.39. The second-order valence-electron chi connectivity index (χ2n) is 7.19. The van der Waals surface area contributed by atoms with Crippen LogP contribution in [0.15, 0.2) is 67.0 Å². The average molecular weight is 426 g/mol. The fourth-order valence-electron chi connectivity index (χ4n) is 3.27. The molecule has 2 N–H and O–H groups in total. The molecule has 0 spiro atoms. The smallest absolute Gasteiger partial charge is 0.223 e. The van der Waals surface area contributed by atoms with Crippen molar-refractivity contribution in [3.63, 3.8) is 0 Å². The third kappa shape index (κ3) is 4.64. The summed E-state index contributed by atoms with van der Waals surface area (Å²) in [6, 6.07) is 18.7. The van der Waals surface area contributed by atoms with Crippen molar-refractivity contribution in [2.75, 3.05) is 13.6 Å². The first-order valence-electron chi connectivity index (χ1n) is 10.1. The lowest BCUT2D eigenvalue weighted by atomic mass is 10.1. The summed E-state index contributed by atoms with van der Waals surface area (Å²) in [5.74, 6) is 1.34. The first-order valence-corrected chi connectivity index (χ1v) is 10.1. The minimum Gasteiger partial charge on any atom is -0.437 e. The number of hydrogen-bond donors (Lipinski definition) is 2. The van der Waals surface area contributed by atoms with Crippen molar-refractivity contribution in [1.82, 2.24) is 25.1 Å². The molecule has 32 heavy (non-hydrogen) atoms. The second-order valence-corrected chi connectivity index (χ2v) is 7.19. The summed E-state index contributed by atoms with van der Waals surface area (Å²) in [5, 5.41) is 26.9. The van der Waals surface area contributed by atoms with Crippen LogP contribution in [0.4, 0.5) is 0 Å². The molecule has 1 unspecified atom stereocenters. The minimum absolute atomic E-state index is 0.357. The number of likely N-dealkylation sites (N-methyl/N-ethyl adjacent to an activating group) is 1. The highest BCUT2D eigenvalue weighted by atomic mass is 16.5. The molecule has 0 saturated heterocycles. The fourth-order valence-corrected chi connectivity index (χ4v) is 3.27. The Morgan fingerprint density at radius 1 is 1.16 bits per heavy atom. The van der Waals surface area contributed by atoms with Gasteiger partial charge in [0.15, 0.2) is 5.75 Å². The lowest BCUT2D eigenvalue weighted by Gasteiger charge is -2.12. The molecular weight excluding hydrogens is 404 g/mol. The van der Waals surface area contributed by atoms with Crippen LogP contribution in [0.2, 0.25) is 0 Å². The number of benzene rings is 2. The van der Waals surface area contributed by atoms with Crippen LogP contribution in [-0.2, 0) is 0 Å². The zero-order valence-electron chi connectivity index (χ0n) is 17.7. The Labute approximate surface area is 185 Å². The van der Waals surface area contributed by atoms with E-state index in [4.69, 9.17) is 4.74 Å². The standard InChI is InChI=1S/C24H22N6O2/c1-16-28-20(18-6-4-3-5-7-18)11-24(29-16)32-23-10-17(12-25)8-9-21(23)30-15-19(13-27-30)22(31)14-26-2/h3-11,13,15,22,26,31H,14H2,1-2H3. The SMILES string of the molecule is CNCC(O)c1cnn(-c2ccc(C#N)cc2Oc2cc(-c3ccccc3)nc(C)n2)c1. The van der Waals surface area contributed by atoms with Crippen LogP contribution in [0.3, 0.4) is 0 Å². The van der Waals surface area contributed by atoms with E-state index in [1.165, 1.54) is 0 Å². The minimum atomic E-state index is -0.686. The highest BCUT2D eigenvalue weighted by Crippen LogP contribution is 2.30. The van der Waals surface area contributed by atoms with Gasteiger partial charge in [0.1, 0.15) is 11.5 Å². The molecule has 2 aromatic heterocycles. The number of aryl methyl sites for hydroxylation is 1. The third-order valence-corrected chi connectivity index (χ3v) is 4.82. The number of nitrogens with zero attached hydrogens (tertiary/aromatic N) is 5. The zero-order valence-corrected chi connectivity index (χ0v) is 17.7. The van der Waals surface area contributed by atoms with E-state index in [0.29, 0.717) is 40.8 Å². The van der Waals surface area contributed by atoms with Crippen LogP contribution >= 0.6 is 0 Å². The van der Waals surface area contributed by atoms with Gasteiger partial charge in [0, 0.05) is 36.0 Å². The van der Waals surface area contributed by atoms with Crippen molar-refractivity contribution in [2.24, 2.45) is 0 Å². The third-order valence-electron chi connectivity index (χ3n) is 4.82. The van der Waals surface area contributed by atoms with Crippen LogP contribution in [0.1, 0.15) is 23.1 Å². The van der Waals surface area contributed by atoms with Gasteiger partial charge >= 0.3 is 0 Å². The topological polar surface area (TPSA) is 109 Å². The molecule has 8 heteroatoms. The number of ether oxygens (including phenoxy) is 1. The Kier molecular flexibility index (Phi) is 6.22. The summed E-state index contributed by atoms with van der Waals surface area (Å²) in [6.07, 6.45) is 2.65. The van der Waals surface area contributed by atoms with E-state index >= 15 is 0 Å². The van der Waals surface area contributed by atoms with E-state index < -0.39 is 6.10 Å². The molecule has 0 amide bonds. The predicted molar refractivity (Wildman–Crippen MR) is 119 cm³/mol. The molecule has 0 aliphatic rings. The van der Waals surface area contributed by atoms with E-state index in [0.717, 1.165) is 11.3 Å². The largest absolute Gasteiger partial charge is 0.437 e. The number of aromatic nitrogens is 4. The Morgan fingerprint density at radius 3 is 2.72 bits per heavy atom. The van der Waals surface area contributed by atoms with E-state index in [1.54, 1.807) is 55.3 Å². The summed E-state index contributed by atoms with van der Waals surface area (Å²) >= 11 is 0. The Morgan fingerprint density at radius 2 is 1.97 bits per heavy atom. The van der Waals surface area contributed by atoms with Gasteiger partial charge in [-0.2, -0.15) is 15.3 Å². The van der Waals surface area contributed by atoms with Crippen LogP contribution in [-0.4, -0.2) is 38.4 Å². The van der Waals surface area contributed by atoms with Crippen LogP contribution in [0.25, 0.3) is 16.9 Å². The summed E-state index contributed by atoms with van der Waals surface area (Å²) in [6.45, 7) is 2.21. The van der Waals surface area contributed by atoms with Crippen LogP contribution in [0, 0.1) is 18.3 Å². The van der Waals surface area contributed by atoms with E-state index in [1.807, 2.05) is 30.3 Å². The van der Waals surface area contributed by atoms with Crippen molar-refractivity contribution >= 4 is 0 Å². The van der Waals surface area contributed by atoms with Crippen molar-refractivity contribution in [2.45, 2.75) is 13.0 Å². The maximum Gasteiger partial charge on any atom is 0.223 e. The summed E-state index contributed by atoms with van der Waals surface area (Å²) in [4.78, 5) is 8.91. The highest BCUT2D eigenvalue weighted by molar-refractivity contribution is 5.60. The quantitative estimate of drug-likeness (QED) is 0.465. The summed E-state index contributed by atoms with van der Waals surface area (Å²) in [5.41, 5.74) is 3.41. The Bertz CT molecular complexity index is 1260. The van der Waals surface area contributed by atoms with Crippen molar-refractivity contribution in [3.05, 3.63) is 83.9 Å². The Hall–Kier alpha value is -4.06. The average Bonchev–Trinajstić information content (AvgIpc) is 3.29. The first-order chi connectivity index (χ1) is 15.6. The molecule has 0 fully saturated rings. The van der Waals surface area contributed by atoms with E-state index in [9.17, 15) is 10.4 Å². The molecular formula is C24H22N6O2. The van der Waals surface area contributed by atoms with Crippen LogP contribution in [0.5, 0.6) is 11.6 Å². The monoisotopic (exact) mass is 426 g/mol. The normalized spacial score (nSPS) is 11.7. The van der Waals surface area contributed by atoms with Gasteiger partial charge in [-0.15, -0.1) is 0 Å². The number of nitrogens with one attached hydrogen (secondary N) is 1. The van der Waals surface area contributed by atoms with E-state index in [2.05, 4.69) is 26.5 Å². The number of hydrogen-bond acceptors (Lipinski definition) is 7. The van der Waals surface area contributed by atoms with Gasteiger partial charge in [-0.3, -0.25) is 0 Å². The van der Waals surface area contributed by atoms with Crippen molar-refractivity contribution in [3.8, 4) is 34.6 Å². The molecule has 0 radical (unpaired) electrons. The molecule has 0 aliphatic carbocycles. The van der Waals surface area contributed by atoms with Crippen molar-refractivity contribution < 1.29 is 9.84 Å². The molecule has 4 aromatic rings. The molecule has 160 valence electrons. The molecule has 1 atom stereocenters. The first kappa shape index (κ1) is 21.2. The number of rotatable bonds is 7. The molecule has 2 heterocycles. The number of aliphatic hydroxyl groups is 1. The maximum atomic E-state index is 10.2. The highest BCUT2D eigenvalue weighted by Gasteiger charge is 2.15. The number of aliphatic hydroxyl groups excluding tert-OH is 1. The molecule has 8 nitrogen and oxygen atoms in total. The van der Waals surface area contributed by atoms with E-state index in [-0.39, 0.29) is 0 Å². The summed E-state index contributed by atoms with van der Waals surface area (Å²) < 4.78 is 7.74. The van der Waals surface area contributed by atoms with Crippen LogP contribution < -0.4 is 10.1 Å². The summed E-state index contributed by atoms with van der Waals surface area (Å²) in [7, 11) is 1.77. The fraction of sp³-hybridized carbons (Fsp3) is 0.167. The van der Waals surface area contributed by atoms with Crippen molar-refractivity contribution in [1.29, 1.82) is 5.26 Å². The Balaban J connectivity index is 1.72. The van der Waals surface area contributed by atoms with Gasteiger partial charge < -0.3 is 15.2 Å². The van der Waals surface area contributed by atoms with Gasteiger partial charge in [-0.05, 0) is 26.1 Å². The van der Waals surface area contributed by atoms with Gasteiger partial charge in [0.2, 0.25) is 5.88 Å².